The van der Waals surface area contributed by atoms with Gasteiger partial charge >= 0.3 is 17.6 Å². The topological polar surface area (TPSA) is 81.2 Å². The van der Waals surface area contributed by atoms with E-state index >= 15 is 0 Å². The summed E-state index contributed by atoms with van der Waals surface area (Å²) in [7, 11) is 7.98. The van der Waals surface area contributed by atoms with Gasteiger partial charge in [-0.25, -0.2) is 9.97 Å². The maximum atomic E-state index is 5.87. The Balaban J connectivity index is 1.67. The van der Waals surface area contributed by atoms with Gasteiger partial charge in [0.25, 0.3) is 0 Å². The van der Waals surface area contributed by atoms with Crippen molar-refractivity contribution in [2.75, 3.05) is 42.7 Å². The van der Waals surface area contributed by atoms with Gasteiger partial charge in [-0.15, -0.1) is 22.7 Å². The van der Waals surface area contributed by atoms with E-state index in [9.17, 15) is 0 Å². The molecular weight excluding hydrogens is 645 g/mol. The molecule has 0 amide bonds. The number of nitrogens with zero attached hydrogens (tertiary/aromatic N) is 2. The monoisotopic (exact) mass is 684 g/mol. The van der Waals surface area contributed by atoms with Gasteiger partial charge in [-0.2, -0.15) is 0 Å². The Morgan fingerprint density at radius 1 is 0.595 bits per heavy atom. The molecule has 4 rings (SSSR count). The lowest BCUT2D eigenvalue weighted by Gasteiger charge is -2.33. The standard InChI is InChI=1S/C28H40N2O6S4Si2/c1-19(41(31-3,32-4)33-5)17-25(27-29-21-13-9-11-15-23(21)37-27)39-40-26(18-20(2)42(34-6,35-7)36-8)28-30-22-14-10-12-16-24(22)38-28/h9-16,19-20,25-26H,17-18H2,1-8H3. The summed E-state index contributed by atoms with van der Waals surface area (Å²) in [5.74, 6) is 0. The molecule has 0 spiro atoms. The molecule has 0 fully saturated rings. The van der Waals surface area contributed by atoms with Gasteiger partial charge in [0.1, 0.15) is 10.0 Å². The maximum absolute atomic E-state index is 5.87. The molecule has 0 saturated heterocycles. The van der Waals surface area contributed by atoms with Crippen LogP contribution in [0.4, 0.5) is 0 Å². The predicted octanol–water partition coefficient (Wildman–Crippen LogP) is 8.39. The minimum Gasteiger partial charge on any atom is -0.377 e. The van der Waals surface area contributed by atoms with Crippen LogP contribution in [0.5, 0.6) is 0 Å². The normalized spacial score (nSPS) is 15.7. The molecule has 0 N–H and O–H groups in total. The quantitative estimate of drug-likeness (QED) is 0.0799. The molecule has 2 aromatic heterocycles. The van der Waals surface area contributed by atoms with Gasteiger partial charge in [0, 0.05) is 53.7 Å². The molecule has 230 valence electrons. The molecule has 14 heteroatoms. The number of benzene rings is 2. The summed E-state index contributed by atoms with van der Waals surface area (Å²) < 4.78 is 37.5. The smallest absolute Gasteiger partial charge is 0.377 e. The molecule has 0 aliphatic rings. The number of rotatable bonds is 17. The van der Waals surface area contributed by atoms with Crippen LogP contribution in [-0.4, -0.2) is 70.2 Å². The average molecular weight is 685 g/mol. The van der Waals surface area contributed by atoms with Crippen molar-refractivity contribution in [2.45, 2.75) is 48.3 Å². The van der Waals surface area contributed by atoms with Crippen molar-refractivity contribution in [2.24, 2.45) is 0 Å². The van der Waals surface area contributed by atoms with E-state index in [0.29, 0.717) is 0 Å². The van der Waals surface area contributed by atoms with E-state index in [1.54, 1.807) is 65.3 Å². The highest BCUT2D eigenvalue weighted by Gasteiger charge is 2.47. The highest BCUT2D eigenvalue weighted by Crippen LogP contribution is 2.54. The van der Waals surface area contributed by atoms with Gasteiger partial charge < -0.3 is 26.6 Å². The van der Waals surface area contributed by atoms with Gasteiger partial charge in [0.15, 0.2) is 0 Å². The highest BCUT2D eigenvalue weighted by molar-refractivity contribution is 8.76. The van der Waals surface area contributed by atoms with Crippen molar-refractivity contribution in [3.05, 3.63) is 58.5 Å². The third-order valence-corrected chi connectivity index (χ3v) is 19.5. The molecule has 2 heterocycles. The first-order valence-electron chi connectivity index (χ1n) is 13.6. The fourth-order valence-electron chi connectivity index (χ4n) is 5.19. The van der Waals surface area contributed by atoms with Crippen LogP contribution in [0, 0.1) is 0 Å². The first-order chi connectivity index (χ1) is 20.3. The van der Waals surface area contributed by atoms with Crippen molar-refractivity contribution in [1.29, 1.82) is 0 Å². The molecule has 4 aromatic rings. The van der Waals surface area contributed by atoms with Crippen LogP contribution in [0.15, 0.2) is 48.5 Å². The SMILES string of the molecule is CO[Si](OC)(OC)C(C)CC(SSC(CC(C)[Si](OC)(OC)OC)c1nc2ccccc2s1)c1nc2ccccc2s1. The van der Waals surface area contributed by atoms with Crippen molar-refractivity contribution in [3.8, 4) is 0 Å². The molecule has 0 radical (unpaired) electrons. The van der Waals surface area contributed by atoms with E-state index in [1.807, 2.05) is 33.7 Å². The minimum atomic E-state index is -2.86. The van der Waals surface area contributed by atoms with E-state index in [-0.39, 0.29) is 21.6 Å². The molecule has 0 bridgehead atoms. The first-order valence-corrected chi connectivity index (χ1v) is 21.1. The molecule has 4 unspecified atom stereocenters. The fourth-order valence-corrected chi connectivity index (χ4v) is 16.0. The lowest BCUT2D eigenvalue weighted by Crippen LogP contribution is -2.47. The third kappa shape index (κ3) is 7.32. The highest BCUT2D eigenvalue weighted by atomic mass is 33.1. The van der Waals surface area contributed by atoms with Crippen LogP contribution in [0.25, 0.3) is 20.4 Å². The second-order valence-corrected chi connectivity index (χ2v) is 21.6. The Hall–Kier alpha value is -0.886. The second-order valence-electron chi connectivity index (χ2n) is 9.91. The van der Waals surface area contributed by atoms with Crippen LogP contribution < -0.4 is 0 Å². The van der Waals surface area contributed by atoms with Crippen LogP contribution in [0.2, 0.25) is 11.1 Å². The minimum absolute atomic E-state index is 0.0537. The van der Waals surface area contributed by atoms with Crippen LogP contribution in [0.1, 0.15) is 47.2 Å². The molecule has 8 nitrogen and oxygen atoms in total. The van der Waals surface area contributed by atoms with Gasteiger partial charge in [0.2, 0.25) is 0 Å². The summed E-state index contributed by atoms with van der Waals surface area (Å²) in [5, 5.41) is 2.32. The van der Waals surface area contributed by atoms with E-state index < -0.39 is 17.6 Å². The molecule has 2 aromatic carbocycles. The van der Waals surface area contributed by atoms with Gasteiger partial charge in [-0.3, -0.25) is 0 Å². The van der Waals surface area contributed by atoms with E-state index in [4.69, 9.17) is 36.5 Å². The van der Waals surface area contributed by atoms with Gasteiger partial charge in [-0.05, 0) is 37.1 Å². The number of thiazole rings is 2. The fraction of sp³-hybridized carbons (Fsp3) is 0.500. The van der Waals surface area contributed by atoms with Crippen LogP contribution >= 0.6 is 44.3 Å². The van der Waals surface area contributed by atoms with Gasteiger partial charge in [-0.1, -0.05) is 59.7 Å². The lowest BCUT2D eigenvalue weighted by atomic mass is 10.2. The molecule has 0 aliphatic carbocycles. The van der Waals surface area contributed by atoms with Crippen LogP contribution in [-0.2, 0) is 26.6 Å². The Labute approximate surface area is 267 Å². The molecule has 0 saturated carbocycles. The number of para-hydroxylation sites is 2. The van der Waals surface area contributed by atoms with E-state index in [0.717, 1.165) is 33.9 Å². The first kappa shape index (κ1) is 34.0. The number of aromatic nitrogens is 2. The Kier molecular flexibility index (Phi) is 12.5. The molecular formula is C28H40N2O6S4Si2. The summed E-state index contributed by atoms with van der Waals surface area (Å²) in [4.78, 5) is 10.1. The summed E-state index contributed by atoms with van der Waals surface area (Å²) in [5.41, 5.74) is 2.14. The summed E-state index contributed by atoms with van der Waals surface area (Å²) in [6.07, 6.45) is 1.57. The number of fused-ring (bicyclic) bond motifs is 2. The molecule has 42 heavy (non-hydrogen) atoms. The van der Waals surface area contributed by atoms with Crippen molar-refractivity contribution in [3.63, 3.8) is 0 Å². The second kappa shape index (κ2) is 15.4. The molecule has 0 aliphatic heterocycles. The number of hydrogen-bond donors (Lipinski definition) is 0. The molecule has 4 atom stereocenters. The summed E-state index contributed by atoms with van der Waals surface area (Å²) in [6.45, 7) is 4.30. The Morgan fingerprint density at radius 3 is 1.24 bits per heavy atom. The predicted molar refractivity (Wildman–Crippen MR) is 182 cm³/mol. The van der Waals surface area contributed by atoms with E-state index in [2.05, 4.69) is 50.2 Å². The summed E-state index contributed by atoms with van der Waals surface area (Å²) >= 11 is 3.49. The van der Waals surface area contributed by atoms with Crippen molar-refractivity contribution >= 4 is 82.3 Å². The Bertz CT molecular complexity index is 1230. The maximum Gasteiger partial charge on any atom is 0.503 e. The zero-order valence-electron chi connectivity index (χ0n) is 25.3. The largest absolute Gasteiger partial charge is 0.503 e. The van der Waals surface area contributed by atoms with Crippen molar-refractivity contribution in [1.82, 2.24) is 9.97 Å². The number of hydrogen-bond acceptors (Lipinski definition) is 12. The zero-order chi connectivity index (χ0) is 30.3. The average Bonchev–Trinajstić information content (AvgIpc) is 3.65. The van der Waals surface area contributed by atoms with E-state index in [1.165, 1.54) is 9.40 Å². The van der Waals surface area contributed by atoms with Gasteiger partial charge in [0.05, 0.1) is 30.9 Å². The summed E-state index contributed by atoms with van der Waals surface area (Å²) in [6, 6.07) is 16.6. The Morgan fingerprint density at radius 2 is 0.929 bits per heavy atom. The lowest BCUT2D eigenvalue weighted by molar-refractivity contribution is 0.111. The third-order valence-electron chi connectivity index (χ3n) is 7.51. The zero-order valence-corrected chi connectivity index (χ0v) is 30.6. The van der Waals surface area contributed by atoms with Crippen molar-refractivity contribution < 1.29 is 26.6 Å². The van der Waals surface area contributed by atoms with Crippen LogP contribution in [0.3, 0.4) is 0 Å².